The Labute approximate surface area is 192 Å². The second-order valence-electron chi connectivity index (χ2n) is 8.64. The number of fused-ring (bicyclic) bond motifs is 2. The van der Waals surface area contributed by atoms with Crippen LogP contribution in [0.5, 0.6) is 17.5 Å². The Morgan fingerprint density at radius 1 is 1.12 bits per heavy atom. The second-order valence-corrected chi connectivity index (χ2v) is 11.2. The Bertz CT molecular complexity index is 1180. The van der Waals surface area contributed by atoms with E-state index >= 15 is 0 Å². The molecule has 5 rings (SSSR count). The van der Waals surface area contributed by atoms with E-state index in [4.69, 9.17) is 26.3 Å². The average molecular weight is 475 g/mol. The van der Waals surface area contributed by atoms with Crippen molar-refractivity contribution in [2.24, 2.45) is 0 Å². The van der Waals surface area contributed by atoms with Crippen molar-refractivity contribution in [2.45, 2.75) is 68.9 Å². The highest BCUT2D eigenvalue weighted by molar-refractivity contribution is 7.90. The van der Waals surface area contributed by atoms with Crippen molar-refractivity contribution < 1.29 is 17.9 Å². The van der Waals surface area contributed by atoms with Gasteiger partial charge in [0.15, 0.2) is 0 Å². The summed E-state index contributed by atoms with van der Waals surface area (Å²) in [6, 6.07) is 6.80. The molecule has 10 heteroatoms. The molecule has 168 valence electrons. The van der Waals surface area contributed by atoms with E-state index in [-0.39, 0.29) is 23.4 Å². The number of hydrogen-bond donors (Lipinski definition) is 0. The van der Waals surface area contributed by atoms with Crippen LogP contribution in [0.15, 0.2) is 24.5 Å². The van der Waals surface area contributed by atoms with Crippen LogP contribution in [0.3, 0.4) is 0 Å². The van der Waals surface area contributed by atoms with Gasteiger partial charge in [-0.3, -0.25) is 0 Å². The molecule has 2 saturated heterocycles. The van der Waals surface area contributed by atoms with Crippen molar-refractivity contribution in [1.82, 2.24) is 14.3 Å². The third-order valence-electron chi connectivity index (χ3n) is 6.40. The minimum atomic E-state index is -3.18. The van der Waals surface area contributed by atoms with Gasteiger partial charge in [-0.05, 0) is 50.8 Å². The van der Waals surface area contributed by atoms with Crippen LogP contribution in [-0.2, 0) is 10.0 Å². The molecule has 2 unspecified atom stereocenters. The first kappa shape index (κ1) is 21.4. The van der Waals surface area contributed by atoms with Crippen molar-refractivity contribution in [3.63, 3.8) is 0 Å². The average Bonchev–Trinajstić information content (AvgIpc) is 3.58. The van der Waals surface area contributed by atoms with Gasteiger partial charge in [-0.1, -0.05) is 11.6 Å². The van der Waals surface area contributed by atoms with Crippen molar-refractivity contribution >= 4 is 21.6 Å². The highest BCUT2D eigenvalue weighted by Crippen LogP contribution is 2.44. The quantitative estimate of drug-likeness (QED) is 0.623. The Morgan fingerprint density at radius 3 is 2.44 bits per heavy atom. The molecule has 3 heterocycles. The van der Waals surface area contributed by atoms with Gasteiger partial charge in [0, 0.05) is 24.9 Å². The molecule has 0 radical (unpaired) electrons. The minimum Gasteiger partial charge on any atom is -0.474 e. The highest BCUT2D eigenvalue weighted by atomic mass is 35.5. The fourth-order valence-electron chi connectivity index (χ4n) is 4.69. The third-order valence-corrected chi connectivity index (χ3v) is 9.19. The summed E-state index contributed by atoms with van der Waals surface area (Å²) in [6.07, 6.45) is 5.89. The SMILES string of the molecule is Cc1c(Oc2ccc(C#N)cc2Cl)ncnc1OC1CC2CCC(C1)N2S(=O)(=O)C1CC1. The molecule has 2 aliphatic heterocycles. The van der Waals surface area contributed by atoms with Gasteiger partial charge in [-0.25, -0.2) is 18.4 Å². The Balaban J connectivity index is 1.30. The lowest BCUT2D eigenvalue weighted by Gasteiger charge is -2.37. The normalized spacial score (nSPS) is 25.3. The molecular weight excluding hydrogens is 452 g/mol. The van der Waals surface area contributed by atoms with Gasteiger partial charge in [-0.15, -0.1) is 0 Å². The fraction of sp³-hybridized carbons (Fsp3) is 0.500. The summed E-state index contributed by atoms with van der Waals surface area (Å²) < 4.78 is 39.5. The first-order valence-corrected chi connectivity index (χ1v) is 12.6. The number of nitrogens with zero attached hydrogens (tertiary/aromatic N) is 4. The number of hydrogen-bond acceptors (Lipinski definition) is 7. The van der Waals surface area contributed by atoms with Crippen LogP contribution in [0.25, 0.3) is 0 Å². The Kier molecular flexibility index (Phi) is 5.48. The first-order valence-electron chi connectivity index (χ1n) is 10.7. The predicted octanol–water partition coefficient (Wildman–Crippen LogP) is 3.97. The number of benzene rings is 1. The largest absolute Gasteiger partial charge is 0.474 e. The number of aromatic nitrogens is 2. The van der Waals surface area contributed by atoms with Gasteiger partial charge in [0.1, 0.15) is 18.2 Å². The maximum atomic E-state index is 12.8. The summed E-state index contributed by atoms with van der Waals surface area (Å²) >= 11 is 6.22. The number of piperidine rings is 1. The highest BCUT2D eigenvalue weighted by Gasteiger charge is 2.52. The number of halogens is 1. The van der Waals surface area contributed by atoms with E-state index in [1.807, 2.05) is 13.0 Å². The molecule has 0 N–H and O–H groups in total. The summed E-state index contributed by atoms with van der Waals surface area (Å²) in [7, 11) is -3.18. The van der Waals surface area contributed by atoms with E-state index in [0.29, 0.717) is 46.5 Å². The van der Waals surface area contributed by atoms with Crippen LogP contribution in [0.1, 0.15) is 49.7 Å². The maximum absolute atomic E-state index is 12.8. The molecular formula is C22H23ClN4O4S. The molecule has 3 aliphatic rings. The molecule has 2 aromatic rings. The summed E-state index contributed by atoms with van der Waals surface area (Å²) in [5.74, 6) is 1.12. The predicted molar refractivity (Wildman–Crippen MR) is 117 cm³/mol. The number of ether oxygens (including phenoxy) is 2. The van der Waals surface area contributed by atoms with E-state index in [0.717, 1.165) is 25.7 Å². The molecule has 0 amide bonds. The molecule has 1 aromatic heterocycles. The zero-order chi connectivity index (χ0) is 22.5. The van der Waals surface area contributed by atoms with E-state index in [2.05, 4.69) is 9.97 Å². The lowest BCUT2D eigenvalue weighted by atomic mass is 10.0. The lowest BCUT2D eigenvalue weighted by molar-refractivity contribution is 0.0906. The summed E-state index contributed by atoms with van der Waals surface area (Å²) in [5.41, 5.74) is 1.07. The third kappa shape index (κ3) is 3.91. The van der Waals surface area contributed by atoms with Crippen molar-refractivity contribution in [1.29, 1.82) is 5.26 Å². The smallest absolute Gasteiger partial charge is 0.229 e. The van der Waals surface area contributed by atoms with Gasteiger partial charge >= 0.3 is 0 Å². The second kappa shape index (κ2) is 8.18. The van der Waals surface area contributed by atoms with Crippen molar-refractivity contribution in [2.75, 3.05) is 0 Å². The van der Waals surface area contributed by atoms with Gasteiger partial charge < -0.3 is 9.47 Å². The van der Waals surface area contributed by atoms with Crippen molar-refractivity contribution in [3.8, 4) is 23.6 Å². The zero-order valence-electron chi connectivity index (χ0n) is 17.6. The van der Waals surface area contributed by atoms with Gasteiger partial charge in [0.05, 0.1) is 27.5 Å². The van der Waals surface area contributed by atoms with Crippen LogP contribution >= 0.6 is 11.6 Å². The van der Waals surface area contributed by atoms with Crippen LogP contribution in [0.4, 0.5) is 0 Å². The maximum Gasteiger partial charge on any atom is 0.229 e. The van der Waals surface area contributed by atoms with Crippen LogP contribution < -0.4 is 9.47 Å². The van der Waals surface area contributed by atoms with Gasteiger partial charge in [0.25, 0.3) is 0 Å². The summed E-state index contributed by atoms with van der Waals surface area (Å²) in [4.78, 5) is 8.48. The number of nitriles is 1. The number of rotatable bonds is 6. The molecule has 1 aliphatic carbocycles. The molecule has 2 bridgehead atoms. The number of sulfonamides is 1. The van der Waals surface area contributed by atoms with Crippen LogP contribution in [-0.4, -0.2) is 46.1 Å². The fourth-order valence-corrected chi connectivity index (χ4v) is 7.20. The Morgan fingerprint density at radius 2 is 1.81 bits per heavy atom. The minimum absolute atomic E-state index is 0.000306. The monoisotopic (exact) mass is 474 g/mol. The first-order chi connectivity index (χ1) is 15.4. The molecule has 0 spiro atoms. The molecule has 2 atom stereocenters. The van der Waals surface area contributed by atoms with E-state index < -0.39 is 10.0 Å². The van der Waals surface area contributed by atoms with E-state index in [1.165, 1.54) is 12.4 Å². The summed E-state index contributed by atoms with van der Waals surface area (Å²) in [5, 5.41) is 9.12. The molecule has 32 heavy (non-hydrogen) atoms. The van der Waals surface area contributed by atoms with Crippen molar-refractivity contribution in [3.05, 3.63) is 40.7 Å². The lowest BCUT2D eigenvalue weighted by Crippen LogP contribution is -2.50. The topological polar surface area (TPSA) is 105 Å². The van der Waals surface area contributed by atoms with Gasteiger partial charge in [0.2, 0.25) is 21.8 Å². The molecule has 1 aromatic carbocycles. The molecule has 1 saturated carbocycles. The molecule has 8 nitrogen and oxygen atoms in total. The van der Waals surface area contributed by atoms with Crippen LogP contribution in [0.2, 0.25) is 5.02 Å². The Hall–Kier alpha value is -2.41. The molecule has 3 fully saturated rings. The van der Waals surface area contributed by atoms with Gasteiger partial charge in [-0.2, -0.15) is 9.57 Å². The zero-order valence-corrected chi connectivity index (χ0v) is 19.1. The standard InChI is InChI=1S/C22H23ClN4O4S/c1-13-21(25-12-26-22(13)31-20-7-2-14(11-24)8-19(20)23)30-17-9-15-3-4-16(10-17)27(15)32(28,29)18-5-6-18/h2,7-8,12,15-18H,3-6,9-10H2,1H3. The van der Waals surface area contributed by atoms with E-state index in [9.17, 15) is 8.42 Å². The van der Waals surface area contributed by atoms with E-state index in [1.54, 1.807) is 16.4 Å². The summed E-state index contributed by atoms with van der Waals surface area (Å²) in [6.45, 7) is 1.81. The van der Waals surface area contributed by atoms with Crippen LogP contribution in [0, 0.1) is 18.3 Å².